The van der Waals surface area contributed by atoms with Gasteiger partial charge in [0.05, 0.1) is 18.7 Å². The Hall–Kier alpha value is -1.68. The average Bonchev–Trinajstić information content (AvgIpc) is 2.14. The second-order valence-electron chi connectivity index (χ2n) is 3.56. The van der Waals surface area contributed by atoms with Crippen molar-refractivity contribution in [2.24, 2.45) is 0 Å². The summed E-state index contributed by atoms with van der Waals surface area (Å²) in [5, 5.41) is 8.59. The number of methoxy groups -OCH3 is 1. The van der Waals surface area contributed by atoms with Crippen LogP contribution in [0.5, 0.6) is 0 Å². The highest BCUT2D eigenvalue weighted by Crippen LogP contribution is 2.26. The molecule has 1 aliphatic heterocycles. The fourth-order valence-electron chi connectivity index (χ4n) is 1.22. The maximum absolute atomic E-state index is 12.1. The highest BCUT2D eigenvalue weighted by atomic mass is 19.4. The Morgan fingerprint density at radius 1 is 1.53 bits per heavy atom. The number of hydrogen-bond acceptors (Lipinski definition) is 2. The summed E-state index contributed by atoms with van der Waals surface area (Å²) in [5.74, 6) is 4.14. The lowest BCUT2D eigenvalue weighted by atomic mass is 9.94. The number of halogens is 3. The predicted octanol–water partition coefficient (Wildman–Crippen LogP) is 1.49. The minimum atomic E-state index is -4.57. The first kappa shape index (κ1) is 13.4. The normalized spacial score (nSPS) is 17.8. The van der Waals surface area contributed by atoms with Crippen LogP contribution in [0.2, 0.25) is 0 Å². The van der Waals surface area contributed by atoms with Crippen LogP contribution in [0.1, 0.15) is 0 Å². The third kappa shape index (κ3) is 2.91. The molecule has 1 aliphatic rings. The average molecular weight is 249 g/mol. The number of likely N-dealkylation sites (tertiary alicyclic amines) is 1. The predicted molar refractivity (Wildman–Crippen MR) is 52.3 cm³/mol. The lowest BCUT2D eigenvalue weighted by Gasteiger charge is -2.43. The lowest BCUT2D eigenvalue weighted by Crippen LogP contribution is -2.63. The van der Waals surface area contributed by atoms with Crippen LogP contribution < -0.4 is 0 Å². The van der Waals surface area contributed by atoms with Gasteiger partial charge in [-0.25, -0.2) is 4.79 Å². The van der Waals surface area contributed by atoms with Crippen molar-refractivity contribution in [3.05, 3.63) is 12.2 Å². The van der Waals surface area contributed by atoms with Crippen LogP contribution in [0.4, 0.5) is 18.0 Å². The van der Waals surface area contributed by atoms with Crippen molar-refractivity contribution in [2.75, 3.05) is 20.2 Å². The maximum Gasteiger partial charge on any atom is 0.423 e. The van der Waals surface area contributed by atoms with Crippen LogP contribution in [-0.4, -0.2) is 48.1 Å². The standard InChI is InChI=1S/C10H10F3NO3/c1-7(10(11,12)13)3-4-9(17-2)5-14(6-9)8(15)16/h1,5-6H2,2H3,(H,15,16). The van der Waals surface area contributed by atoms with Gasteiger partial charge in [-0.3, -0.25) is 0 Å². The highest BCUT2D eigenvalue weighted by Gasteiger charge is 2.45. The molecule has 0 aromatic carbocycles. The lowest BCUT2D eigenvalue weighted by molar-refractivity contribution is -0.0873. The molecule has 1 N–H and O–H groups in total. The van der Waals surface area contributed by atoms with E-state index >= 15 is 0 Å². The number of hydrogen-bond donors (Lipinski definition) is 1. The van der Waals surface area contributed by atoms with Gasteiger partial charge in [0.1, 0.15) is 0 Å². The summed E-state index contributed by atoms with van der Waals surface area (Å²) in [4.78, 5) is 11.5. The number of ether oxygens (including phenoxy) is 1. The van der Waals surface area contributed by atoms with Crippen LogP contribution in [0.15, 0.2) is 12.2 Å². The number of carbonyl (C=O) groups is 1. The van der Waals surface area contributed by atoms with Crippen molar-refractivity contribution in [2.45, 2.75) is 11.8 Å². The number of alkyl halides is 3. The number of nitrogens with zero attached hydrogens (tertiary/aromatic N) is 1. The van der Waals surface area contributed by atoms with Gasteiger partial charge in [-0.05, 0) is 0 Å². The van der Waals surface area contributed by atoms with E-state index in [0.29, 0.717) is 0 Å². The summed E-state index contributed by atoms with van der Waals surface area (Å²) in [6.07, 6.45) is -5.73. The van der Waals surface area contributed by atoms with Crippen LogP contribution >= 0.6 is 0 Å². The molecule has 0 radical (unpaired) electrons. The van der Waals surface area contributed by atoms with Crippen LogP contribution in [0, 0.1) is 11.8 Å². The fraction of sp³-hybridized carbons (Fsp3) is 0.500. The Morgan fingerprint density at radius 3 is 2.41 bits per heavy atom. The summed E-state index contributed by atoms with van der Waals surface area (Å²) in [6.45, 7) is 2.65. The molecule has 0 aromatic heterocycles. The maximum atomic E-state index is 12.1. The summed E-state index contributed by atoms with van der Waals surface area (Å²) in [6, 6.07) is 0. The van der Waals surface area contributed by atoms with Gasteiger partial charge in [-0.2, -0.15) is 13.2 Å². The molecule has 0 aliphatic carbocycles. The van der Waals surface area contributed by atoms with Crippen molar-refractivity contribution >= 4 is 6.09 Å². The van der Waals surface area contributed by atoms with E-state index in [1.165, 1.54) is 7.11 Å². The first-order valence-corrected chi connectivity index (χ1v) is 4.52. The van der Waals surface area contributed by atoms with Gasteiger partial charge in [-0.1, -0.05) is 18.4 Å². The molecular formula is C10H10F3NO3. The molecule has 0 bridgehead atoms. The summed E-state index contributed by atoms with van der Waals surface area (Å²) < 4.78 is 41.3. The van der Waals surface area contributed by atoms with Gasteiger partial charge in [0.15, 0.2) is 5.60 Å². The summed E-state index contributed by atoms with van der Waals surface area (Å²) >= 11 is 0. The number of carboxylic acid groups (broad SMARTS) is 1. The molecule has 1 heterocycles. The van der Waals surface area contributed by atoms with Crippen molar-refractivity contribution in [1.29, 1.82) is 0 Å². The van der Waals surface area contributed by atoms with Gasteiger partial charge in [0.2, 0.25) is 0 Å². The van der Waals surface area contributed by atoms with E-state index in [2.05, 4.69) is 12.5 Å². The third-order valence-corrected chi connectivity index (χ3v) is 2.34. The zero-order chi connectivity index (χ0) is 13.3. The minimum Gasteiger partial charge on any atom is -0.465 e. The SMILES string of the molecule is C=C(C#CC1(OC)CN(C(=O)O)C1)C(F)(F)F. The zero-order valence-electron chi connectivity index (χ0n) is 8.97. The van der Waals surface area contributed by atoms with E-state index in [9.17, 15) is 18.0 Å². The van der Waals surface area contributed by atoms with E-state index in [-0.39, 0.29) is 13.1 Å². The van der Waals surface area contributed by atoms with Gasteiger partial charge in [0, 0.05) is 7.11 Å². The van der Waals surface area contributed by atoms with Crippen molar-refractivity contribution in [1.82, 2.24) is 4.90 Å². The number of rotatable bonds is 1. The van der Waals surface area contributed by atoms with E-state index in [1.807, 2.05) is 5.92 Å². The van der Waals surface area contributed by atoms with Crippen molar-refractivity contribution in [3.8, 4) is 11.8 Å². The summed E-state index contributed by atoms with van der Waals surface area (Å²) in [5.41, 5.74) is -2.34. The molecule has 0 unspecified atom stereocenters. The fourth-order valence-corrected chi connectivity index (χ4v) is 1.22. The molecule has 1 saturated heterocycles. The second-order valence-corrected chi connectivity index (χ2v) is 3.56. The Bertz CT molecular complexity index is 399. The van der Waals surface area contributed by atoms with Crippen LogP contribution in [-0.2, 0) is 4.74 Å². The first-order chi connectivity index (χ1) is 7.70. The van der Waals surface area contributed by atoms with Crippen LogP contribution in [0.3, 0.4) is 0 Å². The zero-order valence-corrected chi connectivity index (χ0v) is 8.97. The molecule has 1 rings (SSSR count). The third-order valence-electron chi connectivity index (χ3n) is 2.34. The molecule has 1 fully saturated rings. The molecule has 1 amide bonds. The van der Waals surface area contributed by atoms with E-state index in [1.54, 1.807) is 0 Å². The van der Waals surface area contributed by atoms with Gasteiger partial charge in [0.25, 0.3) is 0 Å². The van der Waals surface area contributed by atoms with Crippen molar-refractivity contribution < 1.29 is 27.8 Å². The second kappa shape index (κ2) is 4.30. The summed E-state index contributed by atoms with van der Waals surface area (Å²) in [7, 11) is 1.27. The molecule has 7 heteroatoms. The molecule has 17 heavy (non-hydrogen) atoms. The quantitative estimate of drug-likeness (QED) is 0.716. The van der Waals surface area contributed by atoms with Gasteiger partial charge >= 0.3 is 12.3 Å². The molecule has 0 spiro atoms. The Morgan fingerprint density at radius 2 is 2.06 bits per heavy atom. The largest absolute Gasteiger partial charge is 0.465 e. The van der Waals surface area contributed by atoms with E-state index < -0.39 is 23.4 Å². The van der Waals surface area contributed by atoms with Gasteiger partial charge < -0.3 is 14.7 Å². The smallest absolute Gasteiger partial charge is 0.423 e. The number of allylic oxidation sites excluding steroid dienone is 1. The minimum absolute atomic E-state index is 0.0724. The molecular weight excluding hydrogens is 239 g/mol. The van der Waals surface area contributed by atoms with E-state index in [4.69, 9.17) is 9.84 Å². The highest BCUT2D eigenvalue weighted by molar-refractivity contribution is 5.67. The van der Waals surface area contributed by atoms with E-state index in [0.717, 1.165) is 4.90 Å². The van der Waals surface area contributed by atoms with Crippen LogP contribution in [0.25, 0.3) is 0 Å². The molecule has 4 nitrogen and oxygen atoms in total. The molecule has 0 aromatic rings. The Balaban J connectivity index is 2.71. The molecule has 0 saturated carbocycles. The topological polar surface area (TPSA) is 49.8 Å². The van der Waals surface area contributed by atoms with Gasteiger partial charge in [-0.15, -0.1) is 0 Å². The number of amides is 1. The molecule has 94 valence electrons. The Labute approximate surface area is 95.7 Å². The van der Waals surface area contributed by atoms with Crippen molar-refractivity contribution in [3.63, 3.8) is 0 Å². The Kier molecular flexibility index (Phi) is 3.38. The first-order valence-electron chi connectivity index (χ1n) is 4.52. The monoisotopic (exact) mass is 249 g/mol. The molecule has 0 atom stereocenters.